The average molecular weight is 611 g/mol. The summed E-state index contributed by atoms with van der Waals surface area (Å²) in [5.74, 6) is -0.200. The Balaban J connectivity index is 1.59. The van der Waals surface area contributed by atoms with Crippen LogP contribution in [0.4, 0.5) is 4.79 Å². The molecule has 1 N–H and O–H groups in total. The first-order valence-electron chi connectivity index (χ1n) is 15.7. The van der Waals surface area contributed by atoms with E-state index in [0.29, 0.717) is 32.5 Å². The standard InChI is InChI=1S/C34H46N2O8/c1-33(2)12-6-7-24-17-25-18-26(9-8-23(25)19-28(24)40-3)34(42-5)20-27(31(38)41-4)36(21-34)30(37)29(22-10-14-43-15-11-22)35-32(39)44-16-13-33/h8-9,17-19,22,27,29H,6-7,10-16,20-21H2,1-5H3,(H,35,39)/t27-,29-,34-/m0/s1. The Hall–Kier alpha value is -3.37. The Morgan fingerprint density at radius 1 is 1.00 bits per heavy atom. The molecule has 0 aliphatic carbocycles. The zero-order valence-corrected chi connectivity index (χ0v) is 26.6. The lowest BCUT2D eigenvalue weighted by Crippen LogP contribution is -2.56. The highest BCUT2D eigenvalue weighted by atomic mass is 16.5. The maximum absolute atomic E-state index is 14.4. The summed E-state index contributed by atoms with van der Waals surface area (Å²) in [5, 5.41) is 4.94. The lowest BCUT2D eigenvalue weighted by Gasteiger charge is -2.34. The fraction of sp³-hybridized carbons (Fsp3) is 0.618. The van der Waals surface area contributed by atoms with Crippen LogP contribution in [0.15, 0.2) is 30.3 Å². The van der Waals surface area contributed by atoms with E-state index in [2.05, 4.69) is 37.4 Å². The Morgan fingerprint density at radius 3 is 2.48 bits per heavy atom. The van der Waals surface area contributed by atoms with E-state index in [-0.39, 0.29) is 36.8 Å². The lowest BCUT2D eigenvalue weighted by atomic mass is 9.83. The van der Waals surface area contributed by atoms with Gasteiger partial charge in [-0.05, 0) is 90.0 Å². The highest BCUT2D eigenvalue weighted by Gasteiger charge is 2.52. The quantitative estimate of drug-likeness (QED) is 0.495. The minimum absolute atomic E-state index is 0.0557. The number of cyclic esters (lactones) is 1. The normalized spacial score (nSPS) is 26.9. The molecule has 44 heavy (non-hydrogen) atoms. The number of fused-ring (bicyclic) bond motifs is 5. The lowest BCUT2D eigenvalue weighted by molar-refractivity contribution is -0.152. The van der Waals surface area contributed by atoms with Crippen LogP contribution >= 0.6 is 0 Å². The molecule has 3 aliphatic rings. The number of esters is 1. The first-order chi connectivity index (χ1) is 21.1. The van der Waals surface area contributed by atoms with Crippen LogP contribution in [0.2, 0.25) is 0 Å². The number of nitrogens with zero attached hydrogens (tertiary/aromatic N) is 1. The smallest absolute Gasteiger partial charge is 0.407 e. The van der Waals surface area contributed by atoms with E-state index < -0.39 is 29.7 Å². The SMILES string of the molecule is COC(=O)[C@@H]1C[C@]2(OC)CN1C(=O)[C@H](C1CCOCC1)NC(=O)OCCC(C)(C)CCCc1cc3cc2ccc3cc1OC. The molecule has 240 valence electrons. The number of rotatable bonds is 4. The summed E-state index contributed by atoms with van der Waals surface area (Å²) >= 11 is 0. The predicted molar refractivity (Wildman–Crippen MR) is 164 cm³/mol. The van der Waals surface area contributed by atoms with Gasteiger partial charge in [-0.15, -0.1) is 0 Å². The molecule has 0 saturated carbocycles. The minimum atomic E-state index is -0.962. The van der Waals surface area contributed by atoms with Crippen molar-refractivity contribution in [3.05, 3.63) is 41.5 Å². The summed E-state index contributed by atoms with van der Waals surface area (Å²) in [6.45, 7) is 5.70. The number of ether oxygens (including phenoxy) is 5. The fourth-order valence-electron chi connectivity index (χ4n) is 7.00. The number of amides is 2. The van der Waals surface area contributed by atoms with Gasteiger partial charge < -0.3 is 33.9 Å². The van der Waals surface area contributed by atoms with Gasteiger partial charge in [-0.1, -0.05) is 26.0 Å². The van der Waals surface area contributed by atoms with Gasteiger partial charge in [0.05, 0.1) is 27.4 Å². The minimum Gasteiger partial charge on any atom is -0.496 e. The third-order valence-corrected chi connectivity index (χ3v) is 9.83. The molecule has 3 heterocycles. The van der Waals surface area contributed by atoms with Gasteiger partial charge in [-0.2, -0.15) is 0 Å². The Labute approximate surface area is 259 Å². The molecule has 2 saturated heterocycles. The van der Waals surface area contributed by atoms with Crippen molar-refractivity contribution in [2.24, 2.45) is 11.3 Å². The number of benzene rings is 2. The third-order valence-electron chi connectivity index (χ3n) is 9.83. The first-order valence-corrected chi connectivity index (χ1v) is 15.7. The largest absolute Gasteiger partial charge is 0.496 e. The molecule has 0 radical (unpaired) electrons. The second-order valence-electron chi connectivity index (χ2n) is 13.1. The summed E-state index contributed by atoms with van der Waals surface area (Å²) in [6.07, 6.45) is 4.19. The van der Waals surface area contributed by atoms with Gasteiger partial charge in [0.1, 0.15) is 23.4 Å². The van der Waals surface area contributed by atoms with Gasteiger partial charge in [-0.25, -0.2) is 9.59 Å². The monoisotopic (exact) mass is 610 g/mol. The average Bonchev–Trinajstić information content (AvgIpc) is 3.43. The number of hydrogen-bond donors (Lipinski definition) is 1. The van der Waals surface area contributed by atoms with Crippen molar-refractivity contribution in [3.8, 4) is 5.75 Å². The molecule has 0 aromatic heterocycles. The second kappa shape index (κ2) is 13.3. The van der Waals surface area contributed by atoms with Crippen LogP contribution in [0.3, 0.4) is 0 Å². The van der Waals surface area contributed by atoms with Gasteiger partial charge in [0.25, 0.3) is 0 Å². The molecule has 2 aromatic carbocycles. The summed E-state index contributed by atoms with van der Waals surface area (Å²) in [5.41, 5.74) is 0.959. The number of carbonyl (C=O) groups is 3. The second-order valence-corrected chi connectivity index (χ2v) is 13.1. The number of alkyl carbamates (subject to hydrolysis) is 1. The summed E-state index contributed by atoms with van der Waals surface area (Å²) in [6, 6.07) is 8.58. The van der Waals surface area contributed by atoms with Gasteiger partial charge >= 0.3 is 12.1 Å². The Morgan fingerprint density at radius 2 is 1.77 bits per heavy atom. The first kappa shape index (κ1) is 32.0. The molecule has 10 heteroatoms. The molecule has 10 nitrogen and oxygen atoms in total. The Bertz CT molecular complexity index is 1370. The summed E-state index contributed by atoms with van der Waals surface area (Å²) in [4.78, 5) is 42.2. The molecular weight excluding hydrogens is 564 g/mol. The summed E-state index contributed by atoms with van der Waals surface area (Å²) in [7, 11) is 4.62. The molecule has 2 fully saturated rings. The number of methoxy groups -OCH3 is 3. The van der Waals surface area contributed by atoms with E-state index in [1.54, 1.807) is 14.2 Å². The van der Waals surface area contributed by atoms with Crippen LogP contribution in [0, 0.1) is 11.3 Å². The van der Waals surface area contributed by atoms with Gasteiger partial charge in [-0.3, -0.25) is 4.79 Å². The van der Waals surface area contributed by atoms with Gasteiger partial charge in [0, 0.05) is 26.7 Å². The summed E-state index contributed by atoms with van der Waals surface area (Å²) < 4.78 is 28.3. The maximum Gasteiger partial charge on any atom is 0.407 e. The molecule has 0 unspecified atom stereocenters. The fourth-order valence-corrected chi connectivity index (χ4v) is 7.00. The van der Waals surface area contributed by atoms with Crippen molar-refractivity contribution in [2.75, 3.05) is 47.7 Å². The maximum atomic E-state index is 14.4. The molecule has 0 spiro atoms. The third kappa shape index (κ3) is 6.66. The molecule has 3 atom stereocenters. The molecule has 2 aromatic rings. The Kier molecular flexibility index (Phi) is 9.70. The van der Waals surface area contributed by atoms with Crippen LogP contribution in [-0.4, -0.2) is 82.6 Å². The van der Waals surface area contributed by atoms with Crippen molar-refractivity contribution in [2.45, 2.75) is 76.5 Å². The predicted octanol–water partition coefficient (Wildman–Crippen LogP) is 4.74. The number of nitrogens with one attached hydrogen (secondary N) is 1. The van der Waals surface area contributed by atoms with Crippen molar-refractivity contribution < 1.29 is 38.1 Å². The zero-order valence-electron chi connectivity index (χ0n) is 26.6. The molecular formula is C34H46N2O8. The van der Waals surface area contributed by atoms with Crippen molar-refractivity contribution in [3.63, 3.8) is 0 Å². The van der Waals surface area contributed by atoms with Crippen LogP contribution < -0.4 is 10.1 Å². The van der Waals surface area contributed by atoms with E-state index >= 15 is 0 Å². The van der Waals surface area contributed by atoms with E-state index in [4.69, 9.17) is 23.7 Å². The van der Waals surface area contributed by atoms with Crippen LogP contribution in [0.1, 0.15) is 63.5 Å². The molecule has 2 amide bonds. The number of aryl methyl sites for hydroxylation is 1. The molecule has 5 bridgehead atoms. The van der Waals surface area contributed by atoms with Gasteiger partial charge in [0.2, 0.25) is 5.91 Å². The number of carbonyl (C=O) groups excluding carboxylic acids is 3. The topological polar surface area (TPSA) is 113 Å². The highest BCUT2D eigenvalue weighted by molar-refractivity contribution is 5.91. The van der Waals surface area contributed by atoms with Crippen molar-refractivity contribution in [1.82, 2.24) is 10.2 Å². The molecule has 5 rings (SSSR count). The van der Waals surface area contributed by atoms with E-state index in [9.17, 15) is 14.4 Å². The van der Waals surface area contributed by atoms with Crippen molar-refractivity contribution in [1.29, 1.82) is 0 Å². The van der Waals surface area contributed by atoms with Crippen LogP contribution in [0.25, 0.3) is 10.8 Å². The van der Waals surface area contributed by atoms with Gasteiger partial charge in [0.15, 0.2) is 0 Å². The highest BCUT2D eigenvalue weighted by Crippen LogP contribution is 2.42. The van der Waals surface area contributed by atoms with Crippen LogP contribution in [0.5, 0.6) is 5.75 Å². The van der Waals surface area contributed by atoms with E-state index in [0.717, 1.165) is 46.9 Å². The van der Waals surface area contributed by atoms with Crippen LogP contribution in [-0.2, 0) is 40.6 Å². The van der Waals surface area contributed by atoms with E-state index in [1.165, 1.54) is 12.0 Å². The number of hydrogen-bond acceptors (Lipinski definition) is 8. The molecule has 3 aliphatic heterocycles. The zero-order chi connectivity index (χ0) is 31.5. The van der Waals surface area contributed by atoms with Crippen molar-refractivity contribution >= 4 is 28.7 Å². The van der Waals surface area contributed by atoms with E-state index in [1.807, 2.05) is 12.1 Å².